The smallest absolute Gasteiger partial charge is 0.271 e. The molecule has 0 unspecified atom stereocenters. The Kier molecular flexibility index (Phi) is 4.39. The van der Waals surface area contributed by atoms with Gasteiger partial charge in [0.15, 0.2) is 0 Å². The lowest BCUT2D eigenvalue weighted by Crippen LogP contribution is -2.33. The van der Waals surface area contributed by atoms with E-state index in [1.807, 2.05) is 13.8 Å². The highest BCUT2D eigenvalue weighted by Crippen LogP contribution is 2.25. The molecule has 1 aromatic carbocycles. The molecule has 22 heavy (non-hydrogen) atoms. The molecule has 1 atom stereocenters. The Hall–Kier alpha value is -2.51. The third kappa shape index (κ3) is 3.21. The van der Waals surface area contributed by atoms with Crippen LogP contribution in [0.3, 0.4) is 0 Å². The van der Waals surface area contributed by atoms with Gasteiger partial charge in [0, 0.05) is 31.1 Å². The zero-order chi connectivity index (χ0) is 16.4. The fraction of sp³-hybridized carbons (Fsp3) is 0.429. The van der Waals surface area contributed by atoms with Crippen LogP contribution in [-0.2, 0) is 9.59 Å². The van der Waals surface area contributed by atoms with Gasteiger partial charge in [-0.15, -0.1) is 0 Å². The number of anilines is 1. The topological polar surface area (TPSA) is 92.6 Å². The molecule has 2 rings (SSSR count). The van der Waals surface area contributed by atoms with Crippen LogP contribution in [0.2, 0.25) is 0 Å². The van der Waals surface area contributed by atoms with Gasteiger partial charge in [0.25, 0.3) is 5.69 Å². The van der Waals surface area contributed by atoms with E-state index >= 15 is 0 Å². The summed E-state index contributed by atoms with van der Waals surface area (Å²) in [5.74, 6) is -2.00. The molecular weight excluding hydrogens is 293 g/mol. The fourth-order valence-electron chi connectivity index (χ4n) is 2.36. The maximum absolute atomic E-state index is 13.6. The first kappa shape index (κ1) is 15.9. The molecule has 0 aliphatic carbocycles. The minimum atomic E-state index is -0.760. The summed E-state index contributed by atoms with van der Waals surface area (Å²) in [6, 6.07) is 2.89. The first-order chi connectivity index (χ1) is 10.3. The molecule has 0 spiro atoms. The van der Waals surface area contributed by atoms with Crippen LogP contribution in [0.25, 0.3) is 0 Å². The van der Waals surface area contributed by atoms with Crippen LogP contribution in [0.1, 0.15) is 20.3 Å². The quantitative estimate of drug-likeness (QED) is 0.679. The molecular formula is C14H16FN3O4. The number of amides is 2. The number of nitrogens with one attached hydrogen (secondary N) is 1. The van der Waals surface area contributed by atoms with Crippen molar-refractivity contribution < 1.29 is 18.9 Å². The lowest BCUT2D eigenvalue weighted by Gasteiger charge is -2.20. The summed E-state index contributed by atoms with van der Waals surface area (Å²) in [5.41, 5.74) is -0.572. The third-order valence-electron chi connectivity index (χ3n) is 3.57. The lowest BCUT2D eigenvalue weighted by atomic mass is 10.1. The molecule has 2 amide bonds. The monoisotopic (exact) mass is 309 g/mol. The molecule has 0 aromatic heterocycles. The summed E-state index contributed by atoms with van der Waals surface area (Å²) in [4.78, 5) is 35.5. The molecule has 0 radical (unpaired) electrons. The number of benzene rings is 1. The third-order valence-corrected chi connectivity index (χ3v) is 3.57. The van der Waals surface area contributed by atoms with Crippen LogP contribution >= 0.6 is 0 Å². The van der Waals surface area contributed by atoms with Crippen LogP contribution in [0.4, 0.5) is 15.8 Å². The Morgan fingerprint density at radius 2 is 2.18 bits per heavy atom. The Morgan fingerprint density at radius 3 is 2.73 bits per heavy atom. The van der Waals surface area contributed by atoms with E-state index in [9.17, 15) is 24.1 Å². The summed E-state index contributed by atoms with van der Waals surface area (Å²) in [6.07, 6.45) is 0.0561. The minimum Gasteiger partial charge on any atom is -0.339 e. The van der Waals surface area contributed by atoms with E-state index in [2.05, 4.69) is 5.32 Å². The summed E-state index contributed by atoms with van der Waals surface area (Å²) in [7, 11) is 0. The van der Waals surface area contributed by atoms with Crippen molar-refractivity contribution in [3.8, 4) is 0 Å². The number of hydrogen-bond acceptors (Lipinski definition) is 4. The highest BCUT2D eigenvalue weighted by molar-refractivity contribution is 5.97. The molecule has 118 valence electrons. The second-order valence-corrected chi connectivity index (χ2v) is 5.45. The van der Waals surface area contributed by atoms with Gasteiger partial charge in [-0.2, -0.15) is 0 Å². The summed E-state index contributed by atoms with van der Waals surface area (Å²) in [5, 5.41) is 13.0. The SMILES string of the molecule is CC(C)N1C[C@H](C(=O)Nc2cc([N+](=O)[O-])ccc2F)CC1=O. The van der Waals surface area contributed by atoms with Gasteiger partial charge >= 0.3 is 0 Å². The normalized spacial score (nSPS) is 17.9. The molecule has 1 N–H and O–H groups in total. The van der Waals surface area contributed by atoms with E-state index in [1.165, 1.54) is 0 Å². The van der Waals surface area contributed by atoms with Gasteiger partial charge in [0.05, 0.1) is 16.5 Å². The van der Waals surface area contributed by atoms with Gasteiger partial charge in [0.2, 0.25) is 11.8 Å². The maximum Gasteiger partial charge on any atom is 0.271 e. The Balaban J connectivity index is 2.11. The molecule has 8 heteroatoms. The molecule has 7 nitrogen and oxygen atoms in total. The van der Waals surface area contributed by atoms with Crippen molar-refractivity contribution in [2.24, 2.45) is 5.92 Å². The Morgan fingerprint density at radius 1 is 1.50 bits per heavy atom. The summed E-state index contributed by atoms with van der Waals surface area (Å²) < 4.78 is 13.6. The van der Waals surface area contributed by atoms with Crippen molar-refractivity contribution in [1.82, 2.24) is 4.90 Å². The van der Waals surface area contributed by atoms with Gasteiger partial charge in [-0.05, 0) is 19.9 Å². The number of likely N-dealkylation sites (tertiary alicyclic amines) is 1. The highest BCUT2D eigenvalue weighted by atomic mass is 19.1. The molecule has 1 aromatic rings. The molecule has 1 saturated heterocycles. The molecule has 1 aliphatic rings. The van der Waals surface area contributed by atoms with E-state index in [1.54, 1.807) is 4.90 Å². The minimum absolute atomic E-state index is 0.0140. The summed E-state index contributed by atoms with van der Waals surface area (Å²) >= 11 is 0. The number of hydrogen-bond donors (Lipinski definition) is 1. The van der Waals surface area contributed by atoms with Crippen molar-refractivity contribution in [3.63, 3.8) is 0 Å². The van der Waals surface area contributed by atoms with Gasteiger partial charge in [-0.25, -0.2) is 4.39 Å². The van der Waals surface area contributed by atoms with Crippen LogP contribution in [-0.4, -0.2) is 34.2 Å². The summed E-state index contributed by atoms with van der Waals surface area (Å²) in [6.45, 7) is 3.95. The molecule has 1 heterocycles. The fourth-order valence-corrected chi connectivity index (χ4v) is 2.36. The highest BCUT2D eigenvalue weighted by Gasteiger charge is 2.35. The molecule has 0 saturated carbocycles. The number of non-ortho nitro benzene ring substituents is 1. The maximum atomic E-state index is 13.6. The number of nitrogens with zero attached hydrogens (tertiary/aromatic N) is 2. The van der Waals surface area contributed by atoms with Crippen molar-refractivity contribution in [1.29, 1.82) is 0 Å². The zero-order valence-corrected chi connectivity index (χ0v) is 12.2. The van der Waals surface area contributed by atoms with Crippen LogP contribution in [0.5, 0.6) is 0 Å². The molecule has 1 fully saturated rings. The second kappa shape index (κ2) is 6.08. The van der Waals surface area contributed by atoms with Crippen LogP contribution < -0.4 is 5.32 Å². The lowest BCUT2D eigenvalue weighted by molar-refractivity contribution is -0.384. The number of nitro groups is 1. The second-order valence-electron chi connectivity index (χ2n) is 5.45. The first-order valence-electron chi connectivity index (χ1n) is 6.84. The Bertz CT molecular complexity index is 633. The number of carbonyl (C=O) groups excluding carboxylic acids is 2. The van der Waals surface area contributed by atoms with Crippen LogP contribution in [0.15, 0.2) is 18.2 Å². The predicted molar refractivity (Wildman–Crippen MR) is 76.6 cm³/mol. The number of carbonyl (C=O) groups is 2. The first-order valence-corrected chi connectivity index (χ1v) is 6.84. The van der Waals surface area contributed by atoms with Gasteiger partial charge in [0.1, 0.15) is 5.82 Å². The average Bonchev–Trinajstić information content (AvgIpc) is 2.83. The number of rotatable bonds is 4. The van der Waals surface area contributed by atoms with E-state index < -0.39 is 22.6 Å². The molecule has 0 bridgehead atoms. The van der Waals surface area contributed by atoms with Crippen molar-refractivity contribution in [2.45, 2.75) is 26.3 Å². The number of halogens is 1. The van der Waals surface area contributed by atoms with E-state index in [0.717, 1.165) is 18.2 Å². The van der Waals surface area contributed by atoms with E-state index in [0.29, 0.717) is 0 Å². The largest absolute Gasteiger partial charge is 0.339 e. The standard InChI is InChI=1S/C14H16FN3O4/c1-8(2)17-7-9(5-13(17)19)14(20)16-12-6-10(18(21)22)3-4-11(12)15/h3-4,6,8-9H,5,7H2,1-2H3,(H,16,20)/t9-/m1/s1. The van der Waals surface area contributed by atoms with Gasteiger partial charge in [-0.1, -0.05) is 0 Å². The van der Waals surface area contributed by atoms with Crippen molar-refractivity contribution in [3.05, 3.63) is 34.1 Å². The predicted octanol–water partition coefficient (Wildman–Crippen LogP) is 1.93. The number of nitro benzene ring substituents is 1. The zero-order valence-electron chi connectivity index (χ0n) is 12.2. The van der Waals surface area contributed by atoms with E-state index in [4.69, 9.17) is 0 Å². The van der Waals surface area contributed by atoms with Gasteiger partial charge in [-0.3, -0.25) is 19.7 Å². The van der Waals surface area contributed by atoms with Crippen molar-refractivity contribution >= 4 is 23.2 Å². The van der Waals surface area contributed by atoms with Gasteiger partial charge < -0.3 is 10.2 Å². The van der Waals surface area contributed by atoms with Crippen LogP contribution in [0, 0.1) is 21.8 Å². The Labute approximate surface area is 126 Å². The van der Waals surface area contributed by atoms with E-state index in [-0.39, 0.29) is 36.3 Å². The molecule has 1 aliphatic heterocycles. The van der Waals surface area contributed by atoms with Crippen molar-refractivity contribution in [2.75, 3.05) is 11.9 Å². The average molecular weight is 309 g/mol.